The largest absolute Gasteiger partial charge is 0.445 e. The van der Waals surface area contributed by atoms with Crippen LogP contribution in [0, 0.1) is 23.2 Å². The predicted molar refractivity (Wildman–Crippen MR) is 110 cm³/mol. The molecule has 1 aliphatic carbocycles. The Hall–Kier alpha value is -3.12. The van der Waals surface area contributed by atoms with Gasteiger partial charge in [0.2, 0.25) is 11.8 Å². The second-order valence-electron chi connectivity index (χ2n) is 8.14. The summed E-state index contributed by atoms with van der Waals surface area (Å²) >= 11 is 0. The lowest BCUT2D eigenvalue weighted by Crippen LogP contribution is -2.53. The van der Waals surface area contributed by atoms with Gasteiger partial charge in [0.15, 0.2) is 6.10 Å². The molecule has 3 rings (SSSR count). The van der Waals surface area contributed by atoms with Gasteiger partial charge in [-0.2, -0.15) is 5.26 Å². The van der Waals surface area contributed by atoms with Gasteiger partial charge >= 0.3 is 6.09 Å². The number of nitrogens with one attached hydrogen (secondary N) is 3. The third kappa shape index (κ3) is 6.96. The van der Waals surface area contributed by atoms with Crippen molar-refractivity contribution in [3.05, 3.63) is 35.9 Å². The molecule has 2 aliphatic rings. The lowest BCUT2D eigenvalue weighted by molar-refractivity contribution is -0.126. The maximum atomic E-state index is 12.9. The molecule has 2 unspecified atom stereocenters. The SMILES string of the molecule is N#CC(O)C(C[C@@H]1CCNC1=O)NC(=O)[C@H](CC1CC1)NC(=O)OCc1ccccc1. The number of carbonyl (C=O) groups excluding carboxylic acids is 3. The van der Waals surface area contributed by atoms with Crippen molar-refractivity contribution >= 4 is 17.9 Å². The van der Waals surface area contributed by atoms with Crippen molar-refractivity contribution in [2.75, 3.05) is 6.54 Å². The Bertz CT molecular complexity index is 821. The normalized spacial score (nSPS) is 20.6. The van der Waals surface area contributed by atoms with Gasteiger partial charge in [-0.15, -0.1) is 0 Å². The van der Waals surface area contributed by atoms with Gasteiger partial charge in [-0.1, -0.05) is 43.2 Å². The number of aliphatic hydroxyl groups is 1. The summed E-state index contributed by atoms with van der Waals surface area (Å²) in [5, 5.41) is 27.2. The van der Waals surface area contributed by atoms with Crippen LogP contribution in [-0.4, -0.2) is 47.7 Å². The highest BCUT2D eigenvalue weighted by atomic mass is 16.5. The molecule has 1 aromatic rings. The number of alkyl carbamates (subject to hydrolysis) is 1. The van der Waals surface area contributed by atoms with Crippen molar-refractivity contribution < 1.29 is 24.2 Å². The first kappa shape index (κ1) is 22.6. The fourth-order valence-corrected chi connectivity index (χ4v) is 3.64. The van der Waals surface area contributed by atoms with Crippen LogP contribution < -0.4 is 16.0 Å². The maximum absolute atomic E-state index is 12.9. The van der Waals surface area contributed by atoms with Crippen LogP contribution in [0.15, 0.2) is 30.3 Å². The lowest BCUT2D eigenvalue weighted by Gasteiger charge is -2.25. The molecule has 9 nitrogen and oxygen atoms in total. The van der Waals surface area contributed by atoms with Crippen molar-refractivity contribution in [1.82, 2.24) is 16.0 Å². The van der Waals surface area contributed by atoms with Crippen molar-refractivity contribution in [3.8, 4) is 6.07 Å². The standard InChI is InChI=1S/C22H28N4O5/c23-12-19(27)17(11-16-8-9-24-20(16)28)25-21(29)18(10-14-6-7-14)26-22(30)31-13-15-4-2-1-3-5-15/h1-5,14,16-19,27H,6-11,13H2,(H,24,28)(H,25,29)(H,26,30)/t16-,17?,18-,19?/m0/s1. The molecule has 31 heavy (non-hydrogen) atoms. The van der Waals surface area contributed by atoms with Crippen LogP contribution in [0.3, 0.4) is 0 Å². The van der Waals surface area contributed by atoms with Crippen molar-refractivity contribution in [1.29, 1.82) is 5.26 Å². The maximum Gasteiger partial charge on any atom is 0.408 e. The zero-order chi connectivity index (χ0) is 22.2. The molecule has 0 spiro atoms. The third-order valence-corrected chi connectivity index (χ3v) is 5.63. The minimum atomic E-state index is -1.45. The van der Waals surface area contributed by atoms with Crippen LogP contribution >= 0.6 is 0 Å². The number of nitriles is 1. The fraction of sp³-hybridized carbons (Fsp3) is 0.545. The van der Waals surface area contributed by atoms with E-state index in [0.717, 1.165) is 18.4 Å². The monoisotopic (exact) mass is 428 g/mol. The van der Waals surface area contributed by atoms with Crippen molar-refractivity contribution in [2.45, 2.75) is 56.9 Å². The van der Waals surface area contributed by atoms with E-state index < -0.39 is 30.2 Å². The summed E-state index contributed by atoms with van der Waals surface area (Å²) in [6.45, 7) is 0.614. The fourth-order valence-electron chi connectivity index (χ4n) is 3.64. The smallest absolute Gasteiger partial charge is 0.408 e. The van der Waals surface area contributed by atoms with Gasteiger partial charge in [0, 0.05) is 12.5 Å². The summed E-state index contributed by atoms with van der Waals surface area (Å²) in [5.41, 5.74) is 0.827. The highest BCUT2D eigenvalue weighted by molar-refractivity contribution is 5.86. The van der Waals surface area contributed by atoms with Gasteiger partial charge in [-0.3, -0.25) is 9.59 Å². The number of nitrogens with zero attached hydrogens (tertiary/aromatic N) is 1. The number of benzene rings is 1. The Balaban J connectivity index is 1.58. The summed E-state index contributed by atoms with van der Waals surface area (Å²) in [6, 6.07) is 9.17. The molecule has 1 aliphatic heterocycles. The Morgan fingerprint density at radius 2 is 1.94 bits per heavy atom. The summed E-state index contributed by atoms with van der Waals surface area (Å²) in [5.74, 6) is -0.688. The zero-order valence-electron chi connectivity index (χ0n) is 17.3. The first-order valence-corrected chi connectivity index (χ1v) is 10.6. The van der Waals surface area contributed by atoms with E-state index in [-0.39, 0.29) is 24.9 Å². The number of aliphatic hydroxyl groups excluding tert-OH is 1. The average Bonchev–Trinajstić information content (AvgIpc) is 3.51. The zero-order valence-corrected chi connectivity index (χ0v) is 17.3. The van der Waals surface area contributed by atoms with E-state index in [1.165, 1.54) is 0 Å². The average molecular weight is 428 g/mol. The van der Waals surface area contributed by atoms with Crippen LogP contribution in [-0.2, 0) is 20.9 Å². The van der Waals surface area contributed by atoms with Gasteiger partial charge in [0.05, 0.1) is 12.1 Å². The van der Waals surface area contributed by atoms with E-state index in [0.29, 0.717) is 25.3 Å². The highest BCUT2D eigenvalue weighted by Crippen LogP contribution is 2.33. The first-order chi connectivity index (χ1) is 15.0. The van der Waals surface area contributed by atoms with Gasteiger partial charge in [-0.25, -0.2) is 4.79 Å². The molecule has 1 saturated carbocycles. The van der Waals surface area contributed by atoms with Gasteiger partial charge < -0.3 is 25.8 Å². The summed E-state index contributed by atoms with van der Waals surface area (Å²) in [7, 11) is 0. The predicted octanol–water partition coefficient (Wildman–Crippen LogP) is 0.977. The number of rotatable bonds is 10. The summed E-state index contributed by atoms with van der Waals surface area (Å²) < 4.78 is 5.22. The van der Waals surface area contributed by atoms with Crippen LogP contribution in [0.1, 0.15) is 37.7 Å². The number of amides is 3. The molecule has 0 radical (unpaired) electrons. The summed E-state index contributed by atoms with van der Waals surface area (Å²) in [6.07, 6.45) is 0.987. The Morgan fingerprint density at radius 1 is 1.19 bits per heavy atom. The van der Waals surface area contributed by atoms with Crippen LogP contribution in [0.25, 0.3) is 0 Å². The van der Waals surface area contributed by atoms with Gasteiger partial charge in [0.1, 0.15) is 12.6 Å². The Labute approximate surface area is 181 Å². The third-order valence-electron chi connectivity index (χ3n) is 5.63. The molecular weight excluding hydrogens is 400 g/mol. The quantitative estimate of drug-likeness (QED) is 0.410. The summed E-state index contributed by atoms with van der Waals surface area (Å²) in [4.78, 5) is 37.0. The number of hydrogen-bond acceptors (Lipinski definition) is 6. The van der Waals surface area contributed by atoms with E-state index in [1.807, 2.05) is 30.3 Å². The van der Waals surface area contributed by atoms with E-state index >= 15 is 0 Å². The molecule has 4 N–H and O–H groups in total. The van der Waals surface area contributed by atoms with E-state index in [2.05, 4.69) is 16.0 Å². The first-order valence-electron chi connectivity index (χ1n) is 10.6. The number of ether oxygens (including phenoxy) is 1. The molecule has 4 atom stereocenters. The second kappa shape index (κ2) is 10.8. The number of hydrogen-bond donors (Lipinski definition) is 4. The van der Waals surface area contributed by atoms with Crippen molar-refractivity contribution in [2.24, 2.45) is 11.8 Å². The van der Waals surface area contributed by atoms with Gasteiger partial charge in [0.25, 0.3) is 0 Å². The van der Waals surface area contributed by atoms with Crippen molar-refractivity contribution in [3.63, 3.8) is 0 Å². The van der Waals surface area contributed by atoms with E-state index in [9.17, 15) is 19.5 Å². The molecule has 0 aromatic heterocycles. The van der Waals surface area contributed by atoms with E-state index in [4.69, 9.17) is 10.00 Å². The molecule has 166 valence electrons. The Kier molecular flexibility index (Phi) is 7.84. The Morgan fingerprint density at radius 3 is 2.55 bits per heavy atom. The van der Waals surface area contributed by atoms with Crippen LogP contribution in [0.2, 0.25) is 0 Å². The minimum Gasteiger partial charge on any atom is -0.445 e. The molecule has 2 fully saturated rings. The highest BCUT2D eigenvalue weighted by Gasteiger charge is 2.35. The minimum absolute atomic E-state index is 0.0804. The molecule has 3 amide bonds. The molecule has 9 heteroatoms. The van der Waals surface area contributed by atoms with Gasteiger partial charge in [-0.05, 0) is 30.7 Å². The molecule has 1 heterocycles. The molecule has 1 aromatic carbocycles. The molecule has 1 saturated heterocycles. The topological polar surface area (TPSA) is 141 Å². The lowest BCUT2D eigenvalue weighted by atomic mass is 9.95. The van der Waals surface area contributed by atoms with E-state index in [1.54, 1.807) is 6.07 Å². The van der Waals surface area contributed by atoms with Crippen LogP contribution in [0.4, 0.5) is 4.79 Å². The molecule has 0 bridgehead atoms. The number of carbonyl (C=O) groups is 3. The molecular formula is C22H28N4O5. The van der Waals surface area contributed by atoms with Crippen LogP contribution in [0.5, 0.6) is 0 Å². The second-order valence-corrected chi connectivity index (χ2v) is 8.14.